The number of methoxy groups -OCH3 is 1. The Balaban J connectivity index is 1.52. The van der Waals surface area contributed by atoms with Crippen LogP contribution < -0.4 is 15.0 Å². The Morgan fingerprint density at radius 1 is 0.903 bits per heavy atom. The summed E-state index contributed by atoms with van der Waals surface area (Å²) in [5.74, 6) is 2.10. The van der Waals surface area contributed by atoms with Crippen LogP contribution in [0.2, 0.25) is 0 Å². The second kappa shape index (κ2) is 10.7. The second-order valence-electron chi connectivity index (χ2n) is 9.10. The molecule has 0 radical (unpaired) electrons. The monoisotopic (exact) mass is 424 g/mol. The van der Waals surface area contributed by atoms with E-state index in [9.17, 15) is 4.79 Å². The van der Waals surface area contributed by atoms with E-state index in [-0.39, 0.29) is 5.91 Å². The average molecular weight is 425 g/mol. The molecule has 1 amide bonds. The molecule has 0 bridgehead atoms. The highest BCUT2D eigenvalue weighted by molar-refractivity contribution is 5.77. The van der Waals surface area contributed by atoms with E-state index in [0.29, 0.717) is 24.4 Å². The molecule has 1 fully saturated rings. The molecule has 0 saturated carbocycles. The first kappa shape index (κ1) is 23.1. The van der Waals surface area contributed by atoms with Crippen LogP contribution in [0.3, 0.4) is 0 Å². The van der Waals surface area contributed by atoms with Gasteiger partial charge in [0.15, 0.2) is 6.54 Å². The number of carbonyl (C=O) groups excluding carboxylic acids is 1. The topological polar surface area (TPSA) is 49.4 Å². The van der Waals surface area contributed by atoms with Gasteiger partial charge in [0.05, 0.1) is 7.11 Å². The minimum Gasteiger partial charge on any atom is -0.497 e. The molecule has 2 N–H and O–H groups in total. The smallest absolute Gasteiger partial charge is 0.277 e. The van der Waals surface area contributed by atoms with E-state index in [1.807, 2.05) is 17.0 Å². The number of nitrogens with two attached hydrogens (primary N) is 1. The Bertz CT molecular complexity index is 823. The molecule has 5 nitrogen and oxygen atoms in total. The first-order valence-electron chi connectivity index (χ1n) is 11.5. The van der Waals surface area contributed by atoms with E-state index in [0.717, 1.165) is 31.9 Å². The third-order valence-electron chi connectivity index (χ3n) is 6.32. The predicted octanol–water partition coefficient (Wildman–Crippen LogP) is 3.43. The lowest BCUT2D eigenvalue weighted by molar-refractivity contribution is -0.692. The molecule has 168 valence electrons. The number of ether oxygens (including phenoxy) is 1. The fourth-order valence-corrected chi connectivity index (χ4v) is 4.26. The molecule has 0 unspecified atom stereocenters. The number of nitrogens with zero attached hydrogens (tertiary/aromatic N) is 2. The van der Waals surface area contributed by atoms with Crippen molar-refractivity contribution < 1.29 is 14.8 Å². The van der Waals surface area contributed by atoms with Crippen LogP contribution in [-0.2, 0) is 4.79 Å². The van der Waals surface area contributed by atoms with Gasteiger partial charge in [-0.15, -0.1) is 0 Å². The number of rotatable bonds is 8. The summed E-state index contributed by atoms with van der Waals surface area (Å²) in [6.45, 7) is 12.7. The molecule has 1 aliphatic rings. The number of piperazine rings is 1. The van der Waals surface area contributed by atoms with Gasteiger partial charge in [0.1, 0.15) is 11.8 Å². The lowest BCUT2D eigenvalue weighted by Gasteiger charge is -2.36. The predicted molar refractivity (Wildman–Crippen MR) is 127 cm³/mol. The highest BCUT2D eigenvalue weighted by atomic mass is 16.5. The number of hydrogen-bond donors (Lipinski definition) is 1. The lowest BCUT2D eigenvalue weighted by atomic mass is 9.93. The van der Waals surface area contributed by atoms with E-state index in [2.05, 4.69) is 74.3 Å². The number of hydrogen-bond acceptors (Lipinski definition) is 3. The standard InChI is InChI=1S/C26H37N3O2/c1-19(2)21-6-8-22(9-7-21)26(20(3)4)27-18-25(30)29-16-14-28(15-17-29)23-10-12-24(31-5)13-11-23/h6-13,19-20,26-27H,14-18H2,1-5H3/p+1/t26-/m0/s1. The molecule has 1 heterocycles. The van der Waals surface area contributed by atoms with Crippen molar-refractivity contribution >= 4 is 11.6 Å². The van der Waals surface area contributed by atoms with E-state index in [1.54, 1.807) is 7.11 Å². The Hall–Kier alpha value is -2.53. The van der Waals surface area contributed by atoms with E-state index >= 15 is 0 Å². The molecule has 2 aromatic carbocycles. The normalized spacial score (nSPS) is 15.5. The van der Waals surface area contributed by atoms with E-state index in [1.165, 1.54) is 16.8 Å². The molecule has 1 saturated heterocycles. The summed E-state index contributed by atoms with van der Waals surface area (Å²) in [7, 11) is 1.68. The molecular weight excluding hydrogens is 386 g/mol. The molecular formula is C26H38N3O2+. The van der Waals surface area contributed by atoms with Crippen LogP contribution in [0, 0.1) is 5.92 Å². The molecule has 1 aliphatic heterocycles. The van der Waals surface area contributed by atoms with Crippen LogP contribution in [0.15, 0.2) is 48.5 Å². The van der Waals surface area contributed by atoms with E-state index < -0.39 is 0 Å². The fraction of sp³-hybridized carbons (Fsp3) is 0.500. The molecule has 0 aromatic heterocycles. The number of benzene rings is 2. The molecule has 31 heavy (non-hydrogen) atoms. The Morgan fingerprint density at radius 3 is 2.00 bits per heavy atom. The van der Waals surface area contributed by atoms with Gasteiger partial charge < -0.3 is 19.9 Å². The third kappa shape index (κ3) is 6.01. The van der Waals surface area contributed by atoms with Gasteiger partial charge in [-0.25, -0.2) is 0 Å². The largest absolute Gasteiger partial charge is 0.497 e. The zero-order valence-electron chi connectivity index (χ0n) is 19.7. The SMILES string of the molecule is COc1ccc(N2CCN(C(=O)C[NH2+][C@H](c3ccc(C(C)C)cc3)C(C)C)CC2)cc1. The zero-order chi connectivity index (χ0) is 22.4. The number of amides is 1. The maximum absolute atomic E-state index is 12.9. The van der Waals surface area contributed by atoms with Crippen LogP contribution in [0.5, 0.6) is 5.75 Å². The van der Waals surface area contributed by atoms with Crippen LogP contribution in [0.4, 0.5) is 5.69 Å². The van der Waals surface area contributed by atoms with Crippen molar-refractivity contribution in [2.45, 2.75) is 39.7 Å². The Kier molecular flexibility index (Phi) is 7.97. The van der Waals surface area contributed by atoms with Gasteiger partial charge in [0.25, 0.3) is 5.91 Å². The van der Waals surface area contributed by atoms with Crippen LogP contribution >= 0.6 is 0 Å². The summed E-state index contributed by atoms with van der Waals surface area (Å²) in [6.07, 6.45) is 0. The van der Waals surface area contributed by atoms with Crippen LogP contribution in [0.1, 0.15) is 50.8 Å². The zero-order valence-corrected chi connectivity index (χ0v) is 19.7. The molecule has 3 rings (SSSR count). The lowest BCUT2D eigenvalue weighted by Crippen LogP contribution is -2.88. The van der Waals surface area contributed by atoms with Gasteiger partial charge >= 0.3 is 0 Å². The van der Waals surface area contributed by atoms with Gasteiger partial charge in [-0.05, 0) is 35.7 Å². The van der Waals surface area contributed by atoms with Crippen molar-refractivity contribution in [2.75, 3.05) is 44.7 Å². The van der Waals surface area contributed by atoms with Gasteiger partial charge in [-0.2, -0.15) is 0 Å². The van der Waals surface area contributed by atoms with Gasteiger partial charge in [0.2, 0.25) is 0 Å². The summed E-state index contributed by atoms with van der Waals surface area (Å²) in [6, 6.07) is 17.4. The van der Waals surface area contributed by atoms with Crippen molar-refractivity contribution in [1.82, 2.24) is 4.90 Å². The van der Waals surface area contributed by atoms with Crippen molar-refractivity contribution in [1.29, 1.82) is 0 Å². The number of anilines is 1. The fourth-order valence-electron chi connectivity index (χ4n) is 4.26. The van der Waals surface area contributed by atoms with Gasteiger partial charge in [-0.3, -0.25) is 4.79 Å². The van der Waals surface area contributed by atoms with Gasteiger partial charge in [-0.1, -0.05) is 52.0 Å². The molecule has 5 heteroatoms. The summed E-state index contributed by atoms with van der Waals surface area (Å²) in [5, 5.41) is 2.22. The number of quaternary nitrogens is 1. The average Bonchev–Trinajstić information content (AvgIpc) is 2.79. The molecule has 0 spiro atoms. The summed E-state index contributed by atoms with van der Waals surface area (Å²) in [5.41, 5.74) is 3.85. The maximum Gasteiger partial charge on any atom is 0.277 e. The summed E-state index contributed by atoms with van der Waals surface area (Å²) < 4.78 is 5.24. The van der Waals surface area contributed by atoms with Gasteiger partial charge in [0, 0.05) is 43.3 Å². The van der Waals surface area contributed by atoms with Crippen molar-refractivity contribution in [3.63, 3.8) is 0 Å². The molecule has 1 atom stereocenters. The first-order valence-corrected chi connectivity index (χ1v) is 11.5. The first-order chi connectivity index (χ1) is 14.9. The van der Waals surface area contributed by atoms with Crippen LogP contribution in [-0.4, -0.2) is 50.6 Å². The van der Waals surface area contributed by atoms with Crippen LogP contribution in [0.25, 0.3) is 0 Å². The van der Waals surface area contributed by atoms with Crippen molar-refractivity contribution in [2.24, 2.45) is 5.92 Å². The maximum atomic E-state index is 12.9. The highest BCUT2D eigenvalue weighted by Crippen LogP contribution is 2.22. The molecule has 0 aliphatic carbocycles. The Morgan fingerprint density at radius 2 is 1.48 bits per heavy atom. The second-order valence-corrected chi connectivity index (χ2v) is 9.10. The summed E-state index contributed by atoms with van der Waals surface area (Å²) in [4.78, 5) is 17.2. The minimum absolute atomic E-state index is 0.235. The van der Waals surface area contributed by atoms with E-state index in [4.69, 9.17) is 4.74 Å². The van der Waals surface area contributed by atoms with Crippen molar-refractivity contribution in [3.8, 4) is 5.75 Å². The Labute approximate surface area is 187 Å². The quantitative estimate of drug-likeness (QED) is 0.706. The summed E-state index contributed by atoms with van der Waals surface area (Å²) >= 11 is 0. The van der Waals surface area contributed by atoms with Crippen molar-refractivity contribution in [3.05, 3.63) is 59.7 Å². The number of carbonyl (C=O) groups is 1. The highest BCUT2D eigenvalue weighted by Gasteiger charge is 2.25. The molecule has 2 aromatic rings. The third-order valence-corrected chi connectivity index (χ3v) is 6.32. The minimum atomic E-state index is 0.235.